The summed E-state index contributed by atoms with van der Waals surface area (Å²) in [5.41, 5.74) is 0. The first kappa shape index (κ1) is 17.9. The Morgan fingerprint density at radius 3 is 1.83 bits per heavy atom. The van der Waals surface area contributed by atoms with Crippen molar-refractivity contribution in [3.63, 3.8) is 0 Å². The largest absolute Gasteiger partial charge is 0.396 e. The van der Waals surface area contributed by atoms with Crippen molar-refractivity contribution in [3.8, 4) is 0 Å². The Balaban J connectivity index is 4.10. The van der Waals surface area contributed by atoms with Crippen molar-refractivity contribution in [1.82, 2.24) is 4.90 Å². The minimum Gasteiger partial charge on any atom is -0.396 e. The van der Waals surface area contributed by atoms with E-state index in [1.165, 1.54) is 13.0 Å². The van der Waals surface area contributed by atoms with Crippen LogP contribution in [0.2, 0.25) is 0 Å². The van der Waals surface area contributed by atoms with Gasteiger partial charge in [-0.3, -0.25) is 0 Å². The normalized spacial score (nSPS) is 19.0. The molecule has 0 saturated carbocycles. The molecule has 18 heavy (non-hydrogen) atoms. The predicted molar refractivity (Wildman–Crippen MR) is 80.7 cm³/mol. The summed E-state index contributed by atoms with van der Waals surface area (Å²) in [4.78, 5) is 2.46. The van der Waals surface area contributed by atoms with Gasteiger partial charge in [0.2, 0.25) is 0 Å². The number of hydrogen-bond acceptors (Lipinski definition) is 2. The van der Waals surface area contributed by atoms with Gasteiger partial charge >= 0.3 is 0 Å². The molecular formula is C16H35NO. The van der Waals surface area contributed by atoms with E-state index < -0.39 is 0 Å². The molecule has 0 fully saturated rings. The van der Waals surface area contributed by atoms with Crippen LogP contribution in [0.15, 0.2) is 0 Å². The van der Waals surface area contributed by atoms with Crippen LogP contribution in [0.3, 0.4) is 0 Å². The predicted octanol–water partition coefficient (Wildman–Crippen LogP) is 3.50. The van der Waals surface area contributed by atoms with Gasteiger partial charge in [-0.2, -0.15) is 0 Å². The molecule has 0 amide bonds. The van der Waals surface area contributed by atoms with Crippen molar-refractivity contribution >= 4 is 0 Å². The Kier molecular flexibility index (Phi) is 8.89. The number of aliphatic hydroxyl groups is 1. The highest BCUT2D eigenvalue weighted by atomic mass is 16.3. The van der Waals surface area contributed by atoms with Crippen LogP contribution in [0.4, 0.5) is 0 Å². The first-order valence-electron chi connectivity index (χ1n) is 7.58. The van der Waals surface area contributed by atoms with Gasteiger partial charge < -0.3 is 10.0 Å². The molecule has 0 aliphatic carbocycles. The van der Waals surface area contributed by atoms with Crippen LogP contribution in [-0.2, 0) is 0 Å². The quantitative estimate of drug-likeness (QED) is 0.683. The molecule has 0 saturated heterocycles. The van der Waals surface area contributed by atoms with Crippen molar-refractivity contribution in [2.75, 3.05) is 26.7 Å². The molecule has 0 aliphatic rings. The fourth-order valence-corrected chi connectivity index (χ4v) is 2.43. The Morgan fingerprint density at radius 1 is 0.889 bits per heavy atom. The standard InChI is InChI=1S/C16H35NO/c1-12(2)8-9-17(7)10-13(3)15(5)16(6)14(4)11-18/h12-16,18H,8-11H2,1-7H3/t13-,14+,15+,16-/m0/s1. The van der Waals surface area contributed by atoms with Crippen LogP contribution in [-0.4, -0.2) is 36.8 Å². The van der Waals surface area contributed by atoms with Crippen LogP contribution in [0.25, 0.3) is 0 Å². The van der Waals surface area contributed by atoms with Gasteiger partial charge in [0.15, 0.2) is 0 Å². The lowest BCUT2D eigenvalue weighted by Crippen LogP contribution is -2.33. The Hall–Kier alpha value is -0.0800. The van der Waals surface area contributed by atoms with Crippen LogP contribution in [0, 0.1) is 29.6 Å². The summed E-state index contributed by atoms with van der Waals surface area (Å²) < 4.78 is 0. The van der Waals surface area contributed by atoms with Crippen molar-refractivity contribution in [3.05, 3.63) is 0 Å². The molecule has 2 nitrogen and oxygen atoms in total. The third kappa shape index (κ3) is 6.75. The third-order valence-electron chi connectivity index (χ3n) is 4.60. The van der Waals surface area contributed by atoms with E-state index in [4.69, 9.17) is 0 Å². The second kappa shape index (κ2) is 8.92. The average Bonchev–Trinajstić information content (AvgIpc) is 2.33. The minimum absolute atomic E-state index is 0.307. The second-order valence-corrected chi connectivity index (χ2v) is 6.80. The Morgan fingerprint density at radius 2 is 1.39 bits per heavy atom. The molecule has 0 bridgehead atoms. The van der Waals surface area contributed by atoms with Gasteiger partial charge in [-0.25, -0.2) is 0 Å². The number of aliphatic hydroxyl groups excluding tert-OH is 1. The lowest BCUT2D eigenvalue weighted by atomic mass is 9.78. The summed E-state index contributed by atoms with van der Waals surface area (Å²) in [5.74, 6) is 3.13. The monoisotopic (exact) mass is 257 g/mol. The van der Waals surface area contributed by atoms with E-state index in [2.05, 4.69) is 53.5 Å². The summed E-state index contributed by atoms with van der Waals surface area (Å²) in [6, 6.07) is 0. The molecule has 4 atom stereocenters. The molecule has 0 aromatic carbocycles. The maximum atomic E-state index is 9.25. The van der Waals surface area contributed by atoms with Crippen LogP contribution >= 0.6 is 0 Å². The molecule has 0 heterocycles. The number of hydrogen-bond donors (Lipinski definition) is 1. The van der Waals surface area contributed by atoms with E-state index >= 15 is 0 Å². The summed E-state index contributed by atoms with van der Waals surface area (Å²) in [5, 5.41) is 9.25. The average molecular weight is 257 g/mol. The maximum Gasteiger partial charge on any atom is 0.0459 e. The molecule has 0 aromatic heterocycles. The highest BCUT2D eigenvalue weighted by Gasteiger charge is 2.24. The van der Waals surface area contributed by atoms with Crippen LogP contribution < -0.4 is 0 Å². The van der Waals surface area contributed by atoms with E-state index in [9.17, 15) is 5.11 Å². The Bertz CT molecular complexity index is 205. The highest BCUT2D eigenvalue weighted by molar-refractivity contribution is 4.74. The molecule has 2 heteroatoms. The van der Waals surface area contributed by atoms with Crippen molar-refractivity contribution in [2.45, 2.75) is 48.0 Å². The van der Waals surface area contributed by atoms with Crippen molar-refractivity contribution < 1.29 is 5.11 Å². The molecule has 0 radical (unpaired) electrons. The maximum absolute atomic E-state index is 9.25. The van der Waals surface area contributed by atoms with Gasteiger partial charge in [0, 0.05) is 13.2 Å². The van der Waals surface area contributed by atoms with Gasteiger partial charge in [-0.1, -0.05) is 41.5 Å². The van der Waals surface area contributed by atoms with Gasteiger partial charge in [-0.15, -0.1) is 0 Å². The highest BCUT2D eigenvalue weighted by Crippen LogP contribution is 2.27. The third-order valence-corrected chi connectivity index (χ3v) is 4.60. The van der Waals surface area contributed by atoms with Crippen molar-refractivity contribution in [1.29, 1.82) is 0 Å². The zero-order chi connectivity index (χ0) is 14.3. The molecule has 1 N–H and O–H groups in total. The number of nitrogens with zero attached hydrogens (tertiary/aromatic N) is 1. The number of rotatable bonds is 9. The minimum atomic E-state index is 0.307. The summed E-state index contributed by atoms with van der Waals surface area (Å²) >= 11 is 0. The van der Waals surface area contributed by atoms with Gasteiger partial charge in [0.1, 0.15) is 0 Å². The molecule has 0 spiro atoms. The second-order valence-electron chi connectivity index (χ2n) is 6.80. The zero-order valence-corrected chi connectivity index (χ0v) is 13.6. The molecule has 0 unspecified atom stereocenters. The fourth-order valence-electron chi connectivity index (χ4n) is 2.43. The van der Waals surface area contributed by atoms with E-state index in [-0.39, 0.29) is 0 Å². The topological polar surface area (TPSA) is 23.5 Å². The van der Waals surface area contributed by atoms with Crippen LogP contribution in [0.5, 0.6) is 0 Å². The van der Waals surface area contributed by atoms with Crippen LogP contribution in [0.1, 0.15) is 48.0 Å². The lowest BCUT2D eigenvalue weighted by Gasteiger charge is -2.32. The van der Waals surface area contributed by atoms with E-state index in [0.717, 1.165) is 12.5 Å². The van der Waals surface area contributed by atoms with E-state index in [1.54, 1.807) is 0 Å². The van der Waals surface area contributed by atoms with Crippen molar-refractivity contribution in [2.24, 2.45) is 29.6 Å². The first-order valence-corrected chi connectivity index (χ1v) is 7.58. The summed E-state index contributed by atoms with van der Waals surface area (Å²) in [6.45, 7) is 16.3. The molecule has 110 valence electrons. The van der Waals surface area contributed by atoms with Gasteiger partial charge in [0.25, 0.3) is 0 Å². The van der Waals surface area contributed by atoms with Gasteiger partial charge in [0.05, 0.1) is 0 Å². The summed E-state index contributed by atoms with van der Waals surface area (Å²) in [6.07, 6.45) is 1.28. The molecule has 0 aromatic rings. The van der Waals surface area contributed by atoms with E-state index in [1.807, 2.05) is 0 Å². The smallest absolute Gasteiger partial charge is 0.0459 e. The Labute approximate surface area is 115 Å². The first-order chi connectivity index (χ1) is 8.29. The zero-order valence-electron chi connectivity index (χ0n) is 13.6. The summed E-state index contributed by atoms with van der Waals surface area (Å²) in [7, 11) is 2.23. The SMILES string of the molecule is CC(C)CCN(C)C[C@H](C)[C@@H](C)[C@@H](C)[C@H](C)CO. The molecular weight excluding hydrogens is 222 g/mol. The lowest BCUT2D eigenvalue weighted by molar-refractivity contribution is 0.124. The molecule has 0 aliphatic heterocycles. The fraction of sp³-hybridized carbons (Fsp3) is 1.00. The van der Waals surface area contributed by atoms with E-state index in [0.29, 0.717) is 30.3 Å². The molecule has 0 rings (SSSR count). The van der Waals surface area contributed by atoms with Gasteiger partial charge in [-0.05, 0) is 49.6 Å².